The van der Waals surface area contributed by atoms with Crippen LogP contribution in [0, 0.1) is 18.6 Å². The highest BCUT2D eigenvalue weighted by atomic mass is 32.2. The quantitative estimate of drug-likeness (QED) is 0.787. The van der Waals surface area contributed by atoms with Crippen LogP contribution in [0.5, 0.6) is 0 Å². The van der Waals surface area contributed by atoms with E-state index in [4.69, 9.17) is 0 Å². The van der Waals surface area contributed by atoms with E-state index in [2.05, 4.69) is 0 Å². The van der Waals surface area contributed by atoms with Crippen LogP contribution in [0.25, 0.3) is 0 Å². The van der Waals surface area contributed by atoms with Gasteiger partial charge in [-0.1, -0.05) is 0 Å². The summed E-state index contributed by atoms with van der Waals surface area (Å²) in [5.74, 6) is -1.61. The van der Waals surface area contributed by atoms with Gasteiger partial charge in [0.15, 0.2) is 9.84 Å². The van der Waals surface area contributed by atoms with E-state index in [0.29, 0.717) is 0 Å². The molecule has 15 heavy (non-hydrogen) atoms. The van der Waals surface area contributed by atoms with Crippen molar-refractivity contribution >= 4 is 9.84 Å². The predicted molar refractivity (Wildman–Crippen MR) is 53.4 cm³/mol. The first kappa shape index (κ1) is 12.1. The average Bonchev–Trinajstić information content (AvgIpc) is 2.10. The minimum absolute atomic E-state index is 0.0928. The fraction of sp³-hybridized carbons (Fsp3) is 0.400. The maximum absolute atomic E-state index is 13.3. The van der Waals surface area contributed by atoms with E-state index in [9.17, 15) is 17.2 Å². The topological polar surface area (TPSA) is 34.1 Å². The second-order valence-electron chi connectivity index (χ2n) is 3.63. The Balaban J connectivity index is 3.46. The molecule has 0 unspecified atom stereocenters. The van der Waals surface area contributed by atoms with Crippen LogP contribution in [0.1, 0.15) is 19.4 Å². The van der Waals surface area contributed by atoms with Crippen molar-refractivity contribution in [1.29, 1.82) is 0 Å². The van der Waals surface area contributed by atoms with Gasteiger partial charge in [-0.05, 0) is 38.5 Å². The molecule has 0 atom stereocenters. The molecular formula is C10H12F2O2S. The van der Waals surface area contributed by atoms with Gasteiger partial charge in [0.1, 0.15) is 16.5 Å². The molecule has 0 aliphatic carbocycles. The number of halogens is 2. The van der Waals surface area contributed by atoms with Crippen molar-refractivity contribution < 1.29 is 17.2 Å². The maximum Gasteiger partial charge on any atom is 0.183 e. The van der Waals surface area contributed by atoms with E-state index in [1.165, 1.54) is 20.8 Å². The molecule has 0 aliphatic heterocycles. The Morgan fingerprint density at radius 2 is 1.67 bits per heavy atom. The molecule has 0 saturated heterocycles. The molecule has 1 aromatic rings. The Hall–Kier alpha value is -0.970. The normalized spacial score (nSPS) is 12.1. The molecule has 0 N–H and O–H groups in total. The zero-order valence-electron chi connectivity index (χ0n) is 8.71. The van der Waals surface area contributed by atoms with Crippen molar-refractivity contribution in [1.82, 2.24) is 0 Å². The molecular weight excluding hydrogens is 222 g/mol. The molecule has 0 spiro atoms. The van der Waals surface area contributed by atoms with Crippen LogP contribution < -0.4 is 0 Å². The van der Waals surface area contributed by atoms with Gasteiger partial charge in [-0.25, -0.2) is 17.2 Å². The van der Waals surface area contributed by atoms with E-state index in [-0.39, 0.29) is 5.56 Å². The number of benzene rings is 1. The van der Waals surface area contributed by atoms with Gasteiger partial charge in [-0.15, -0.1) is 0 Å². The molecule has 84 valence electrons. The van der Waals surface area contributed by atoms with Gasteiger partial charge in [0.2, 0.25) is 0 Å². The second kappa shape index (κ2) is 3.89. The molecule has 0 saturated carbocycles. The van der Waals surface area contributed by atoms with Gasteiger partial charge >= 0.3 is 0 Å². The number of hydrogen-bond acceptors (Lipinski definition) is 2. The summed E-state index contributed by atoms with van der Waals surface area (Å²) in [4.78, 5) is -0.569. The SMILES string of the molecule is Cc1cc(F)c(S(=O)(=O)C(C)C)cc1F. The molecule has 0 amide bonds. The summed E-state index contributed by atoms with van der Waals surface area (Å²) >= 11 is 0. The van der Waals surface area contributed by atoms with Gasteiger partial charge in [0.05, 0.1) is 5.25 Å². The van der Waals surface area contributed by atoms with E-state index >= 15 is 0 Å². The monoisotopic (exact) mass is 234 g/mol. The molecule has 0 aromatic heterocycles. The van der Waals surface area contributed by atoms with Gasteiger partial charge in [-0.3, -0.25) is 0 Å². The summed E-state index contributed by atoms with van der Waals surface area (Å²) in [5, 5.41) is -0.769. The Labute approximate surface area is 87.8 Å². The standard InChI is InChI=1S/C10H12F2O2S/c1-6(2)15(13,14)10-5-8(11)7(3)4-9(10)12/h4-6H,1-3H3. The van der Waals surface area contributed by atoms with Crippen LogP contribution in [-0.2, 0) is 9.84 Å². The van der Waals surface area contributed by atoms with Gasteiger partial charge < -0.3 is 0 Å². The molecule has 0 heterocycles. The first-order valence-electron chi connectivity index (χ1n) is 4.46. The molecule has 1 rings (SSSR count). The molecule has 2 nitrogen and oxygen atoms in total. The zero-order valence-corrected chi connectivity index (χ0v) is 9.53. The van der Waals surface area contributed by atoms with Gasteiger partial charge in [0.25, 0.3) is 0 Å². The van der Waals surface area contributed by atoms with Crippen LogP contribution in [0.2, 0.25) is 0 Å². The Morgan fingerprint density at radius 1 is 1.13 bits per heavy atom. The van der Waals surface area contributed by atoms with Crippen molar-refractivity contribution in [3.63, 3.8) is 0 Å². The van der Waals surface area contributed by atoms with Crippen LogP contribution in [0.15, 0.2) is 17.0 Å². The number of hydrogen-bond donors (Lipinski definition) is 0. The van der Waals surface area contributed by atoms with Gasteiger partial charge in [0, 0.05) is 0 Å². The van der Waals surface area contributed by atoms with Gasteiger partial charge in [-0.2, -0.15) is 0 Å². The summed E-state index contributed by atoms with van der Waals surface area (Å²) in [5.41, 5.74) is 0.0928. The van der Waals surface area contributed by atoms with Crippen LogP contribution in [-0.4, -0.2) is 13.7 Å². The van der Waals surface area contributed by atoms with Crippen molar-refractivity contribution in [2.75, 3.05) is 0 Å². The number of aryl methyl sites for hydroxylation is 1. The van der Waals surface area contributed by atoms with Crippen LogP contribution >= 0.6 is 0 Å². The summed E-state index contributed by atoms with van der Waals surface area (Å²) in [7, 11) is -3.76. The van der Waals surface area contributed by atoms with E-state index in [1.807, 2.05) is 0 Å². The fourth-order valence-electron chi connectivity index (χ4n) is 1.10. The lowest BCUT2D eigenvalue weighted by atomic mass is 10.2. The third-order valence-corrected chi connectivity index (χ3v) is 4.31. The lowest BCUT2D eigenvalue weighted by Gasteiger charge is -2.09. The summed E-state index contributed by atoms with van der Waals surface area (Å²) in [6.07, 6.45) is 0. The largest absolute Gasteiger partial charge is 0.223 e. The second-order valence-corrected chi connectivity index (χ2v) is 6.10. The molecule has 0 radical (unpaired) electrons. The summed E-state index contributed by atoms with van der Waals surface area (Å²) < 4.78 is 49.7. The Kier molecular flexibility index (Phi) is 3.13. The predicted octanol–water partition coefficient (Wildman–Crippen LogP) is 2.46. The van der Waals surface area contributed by atoms with Crippen molar-refractivity contribution in [2.45, 2.75) is 30.9 Å². The van der Waals surface area contributed by atoms with Crippen LogP contribution in [0.3, 0.4) is 0 Å². The maximum atomic E-state index is 13.3. The summed E-state index contributed by atoms with van der Waals surface area (Å²) in [6.45, 7) is 4.23. The Bertz CT molecular complexity index is 478. The smallest absolute Gasteiger partial charge is 0.183 e. The zero-order chi connectivity index (χ0) is 11.8. The lowest BCUT2D eigenvalue weighted by Crippen LogP contribution is -2.16. The van der Waals surface area contributed by atoms with Crippen molar-refractivity contribution in [2.24, 2.45) is 0 Å². The fourth-order valence-corrected chi connectivity index (χ4v) is 2.21. The van der Waals surface area contributed by atoms with Crippen molar-refractivity contribution in [3.05, 3.63) is 29.3 Å². The molecule has 5 heteroatoms. The molecule has 1 aromatic carbocycles. The third-order valence-electron chi connectivity index (χ3n) is 2.14. The van der Waals surface area contributed by atoms with Crippen molar-refractivity contribution in [3.8, 4) is 0 Å². The highest BCUT2D eigenvalue weighted by Crippen LogP contribution is 2.22. The highest BCUT2D eigenvalue weighted by Gasteiger charge is 2.24. The third kappa shape index (κ3) is 2.17. The van der Waals surface area contributed by atoms with E-state index in [1.54, 1.807) is 0 Å². The average molecular weight is 234 g/mol. The number of sulfone groups is 1. The molecule has 0 aliphatic rings. The van der Waals surface area contributed by atoms with E-state index < -0.39 is 31.6 Å². The minimum Gasteiger partial charge on any atom is -0.223 e. The van der Waals surface area contributed by atoms with Crippen LogP contribution in [0.4, 0.5) is 8.78 Å². The first-order chi connectivity index (χ1) is 6.76. The Morgan fingerprint density at radius 3 is 2.13 bits per heavy atom. The number of rotatable bonds is 2. The minimum atomic E-state index is -3.76. The first-order valence-corrected chi connectivity index (χ1v) is 6.01. The molecule has 0 bridgehead atoms. The molecule has 0 fully saturated rings. The lowest BCUT2D eigenvalue weighted by molar-refractivity contribution is 0.545. The summed E-state index contributed by atoms with van der Waals surface area (Å²) in [6, 6.07) is 1.63. The highest BCUT2D eigenvalue weighted by molar-refractivity contribution is 7.92. The van der Waals surface area contributed by atoms with E-state index in [0.717, 1.165) is 12.1 Å².